The van der Waals surface area contributed by atoms with E-state index in [0.717, 1.165) is 19.3 Å². The summed E-state index contributed by atoms with van der Waals surface area (Å²) in [6.45, 7) is 4.29. The van der Waals surface area contributed by atoms with Crippen LogP contribution in [0.3, 0.4) is 0 Å². The molecule has 0 atom stereocenters. The number of benzene rings is 1. The Morgan fingerprint density at radius 3 is 2.54 bits per heavy atom. The van der Waals surface area contributed by atoms with Gasteiger partial charge in [-0.2, -0.15) is 0 Å². The van der Waals surface area contributed by atoms with E-state index >= 15 is 0 Å². The second kappa shape index (κ2) is 7.20. The fraction of sp³-hybridized carbons (Fsp3) is 0.556. The molecule has 2 fully saturated rings. The molecule has 0 aromatic heterocycles. The third-order valence-electron chi connectivity index (χ3n) is 4.71. The third kappa shape index (κ3) is 3.86. The van der Waals surface area contributed by atoms with E-state index in [1.54, 1.807) is 17.0 Å². The summed E-state index contributed by atoms with van der Waals surface area (Å²) < 4.78 is 13.8. The lowest BCUT2D eigenvalue weighted by molar-refractivity contribution is -0.132. The first-order valence-electron chi connectivity index (χ1n) is 8.71. The van der Waals surface area contributed by atoms with Crippen LogP contribution in [0.4, 0.5) is 14.9 Å². The van der Waals surface area contributed by atoms with Gasteiger partial charge in [-0.3, -0.25) is 4.79 Å². The van der Waals surface area contributed by atoms with Crippen molar-refractivity contribution in [2.75, 3.05) is 31.5 Å². The molecule has 24 heavy (non-hydrogen) atoms. The van der Waals surface area contributed by atoms with Gasteiger partial charge in [-0.05, 0) is 43.4 Å². The van der Waals surface area contributed by atoms with Crippen LogP contribution in [0.15, 0.2) is 18.2 Å². The van der Waals surface area contributed by atoms with E-state index in [9.17, 15) is 14.0 Å². The molecule has 3 amide bonds. The van der Waals surface area contributed by atoms with E-state index in [2.05, 4.69) is 5.32 Å². The maximum Gasteiger partial charge on any atom is 0.321 e. The SMILES string of the molecule is CCc1ccc(NC(=O)N2CCCN(C(=O)C3CC3)CC2)cc1F. The number of hydrogen-bond donors (Lipinski definition) is 1. The number of urea groups is 1. The largest absolute Gasteiger partial charge is 0.341 e. The molecule has 1 saturated carbocycles. The Morgan fingerprint density at radius 1 is 1.17 bits per heavy atom. The minimum absolute atomic E-state index is 0.213. The number of aryl methyl sites for hydroxylation is 1. The summed E-state index contributed by atoms with van der Waals surface area (Å²) in [4.78, 5) is 28.1. The molecular formula is C18H24FN3O2. The topological polar surface area (TPSA) is 52.7 Å². The summed E-state index contributed by atoms with van der Waals surface area (Å²) >= 11 is 0. The van der Waals surface area contributed by atoms with Gasteiger partial charge in [0.05, 0.1) is 0 Å². The van der Waals surface area contributed by atoms with E-state index in [1.165, 1.54) is 6.07 Å². The van der Waals surface area contributed by atoms with Gasteiger partial charge in [-0.15, -0.1) is 0 Å². The zero-order valence-electron chi connectivity index (χ0n) is 14.1. The Morgan fingerprint density at radius 2 is 1.88 bits per heavy atom. The Kier molecular flexibility index (Phi) is 5.02. The van der Waals surface area contributed by atoms with E-state index < -0.39 is 0 Å². The highest BCUT2D eigenvalue weighted by molar-refractivity contribution is 5.89. The van der Waals surface area contributed by atoms with Gasteiger partial charge in [0.1, 0.15) is 5.82 Å². The van der Waals surface area contributed by atoms with Crippen molar-refractivity contribution in [2.24, 2.45) is 5.92 Å². The van der Waals surface area contributed by atoms with Crippen molar-refractivity contribution in [1.82, 2.24) is 9.80 Å². The Balaban J connectivity index is 1.56. The number of nitrogens with zero attached hydrogens (tertiary/aromatic N) is 2. The number of carbonyl (C=O) groups is 2. The quantitative estimate of drug-likeness (QED) is 0.925. The molecule has 0 radical (unpaired) electrons. The van der Waals surface area contributed by atoms with Crippen LogP contribution in [0.2, 0.25) is 0 Å². The molecule has 1 aliphatic heterocycles. The van der Waals surface area contributed by atoms with Crippen molar-refractivity contribution in [3.63, 3.8) is 0 Å². The molecule has 130 valence electrons. The molecule has 3 rings (SSSR count). The molecule has 0 unspecified atom stereocenters. The number of amides is 3. The van der Waals surface area contributed by atoms with Gasteiger partial charge in [-0.1, -0.05) is 13.0 Å². The van der Waals surface area contributed by atoms with Gasteiger partial charge in [0, 0.05) is 37.8 Å². The predicted molar refractivity (Wildman–Crippen MR) is 90.3 cm³/mol. The van der Waals surface area contributed by atoms with Crippen molar-refractivity contribution in [3.8, 4) is 0 Å². The molecule has 6 heteroatoms. The lowest BCUT2D eigenvalue weighted by Gasteiger charge is -2.22. The maximum atomic E-state index is 13.8. The van der Waals surface area contributed by atoms with Crippen LogP contribution in [0.5, 0.6) is 0 Å². The highest BCUT2D eigenvalue weighted by Crippen LogP contribution is 2.31. The van der Waals surface area contributed by atoms with Gasteiger partial charge >= 0.3 is 6.03 Å². The van der Waals surface area contributed by atoms with Crippen LogP contribution in [0.1, 0.15) is 31.7 Å². The molecule has 1 aromatic rings. The van der Waals surface area contributed by atoms with Crippen molar-refractivity contribution in [2.45, 2.75) is 32.6 Å². The zero-order chi connectivity index (χ0) is 17.1. The molecule has 0 bridgehead atoms. The Bertz CT molecular complexity index is 631. The van der Waals surface area contributed by atoms with E-state index in [4.69, 9.17) is 0 Å². The number of carbonyl (C=O) groups excluding carboxylic acids is 2. The minimum Gasteiger partial charge on any atom is -0.341 e. The number of nitrogens with one attached hydrogen (secondary N) is 1. The maximum absolute atomic E-state index is 13.8. The van der Waals surface area contributed by atoms with Crippen molar-refractivity contribution >= 4 is 17.6 Å². The highest BCUT2D eigenvalue weighted by atomic mass is 19.1. The third-order valence-corrected chi connectivity index (χ3v) is 4.71. The number of hydrogen-bond acceptors (Lipinski definition) is 2. The van der Waals surface area contributed by atoms with Crippen LogP contribution in [0, 0.1) is 11.7 Å². The summed E-state index contributed by atoms with van der Waals surface area (Å²) in [5.74, 6) is 0.146. The first-order chi connectivity index (χ1) is 11.6. The van der Waals surface area contributed by atoms with Gasteiger partial charge in [0.15, 0.2) is 0 Å². The van der Waals surface area contributed by atoms with E-state index in [-0.39, 0.29) is 23.7 Å². The normalized spacial score (nSPS) is 18.2. The van der Waals surface area contributed by atoms with E-state index in [0.29, 0.717) is 43.9 Å². The predicted octanol–water partition coefficient (Wildman–Crippen LogP) is 2.86. The van der Waals surface area contributed by atoms with Crippen LogP contribution in [0.25, 0.3) is 0 Å². The average molecular weight is 333 g/mol. The van der Waals surface area contributed by atoms with E-state index in [1.807, 2.05) is 11.8 Å². The van der Waals surface area contributed by atoms with Gasteiger partial charge in [0.25, 0.3) is 0 Å². The summed E-state index contributed by atoms with van der Waals surface area (Å²) in [6, 6.07) is 4.54. The fourth-order valence-corrected chi connectivity index (χ4v) is 3.04. The molecule has 5 nitrogen and oxygen atoms in total. The van der Waals surface area contributed by atoms with Crippen LogP contribution < -0.4 is 5.32 Å². The van der Waals surface area contributed by atoms with Crippen LogP contribution in [-0.4, -0.2) is 47.9 Å². The van der Waals surface area contributed by atoms with Crippen LogP contribution in [-0.2, 0) is 11.2 Å². The second-order valence-electron chi connectivity index (χ2n) is 6.53. The number of halogens is 1. The molecule has 1 aliphatic carbocycles. The molecule has 1 heterocycles. The lowest BCUT2D eigenvalue weighted by Crippen LogP contribution is -2.39. The summed E-state index contributed by atoms with van der Waals surface area (Å²) in [7, 11) is 0. The van der Waals surface area contributed by atoms with Crippen LogP contribution >= 0.6 is 0 Å². The lowest BCUT2D eigenvalue weighted by atomic mass is 10.1. The molecule has 1 saturated heterocycles. The first-order valence-corrected chi connectivity index (χ1v) is 8.71. The van der Waals surface area contributed by atoms with Gasteiger partial charge in [0.2, 0.25) is 5.91 Å². The number of anilines is 1. The Labute approximate surface area is 141 Å². The molecule has 1 aromatic carbocycles. The van der Waals surface area contributed by atoms with Gasteiger partial charge < -0.3 is 15.1 Å². The standard InChI is InChI=1S/C18H24FN3O2/c1-2-13-6-7-15(12-16(13)19)20-18(24)22-9-3-8-21(10-11-22)17(23)14-4-5-14/h6-7,12,14H,2-5,8-11H2,1H3,(H,20,24). The summed E-state index contributed by atoms with van der Waals surface area (Å²) in [5.41, 5.74) is 1.10. The zero-order valence-corrected chi connectivity index (χ0v) is 14.1. The molecule has 1 N–H and O–H groups in total. The van der Waals surface area contributed by atoms with Gasteiger partial charge in [-0.25, -0.2) is 9.18 Å². The highest BCUT2D eigenvalue weighted by Gasteiger charge is 2.34. The van der Waals surface area contributed by atoms with Crippen molar-refractivity contribution in [3.05, 3.63) is 29.6 Å². The minimum atomic E-state index is -0.299. The Hall–Kier alpha value is -2.11. The first kappa shape index (κ1) is 16.7. The second-order valence-corrected chi connectivity index (χ2v) is 6.53. The monoisotopic (exact) mass is 333 g/mol. The smallest absolute Gasteiger partial charge is 0.321 e. The molecular weight excluding hydrogens is 309 g/mol. The summed E-state index contributed by atoms with van der Waals surface area (Å²) in [6.07, 6.45) is 3.39. The van der Waals surface area contributed by atoms with Crippen molar-refractivity contribution in [1.29, 1.82) is 0 Å². The number of rotatable bonds is 3. The average Bonchev–Trinajstić information content (AvgIpc) is 3.41. The van der Waals surface area contributed by atoms with Crippen molar-refractivity contribution < 1.29 is 14.0 Å². The molecule has 0 spiro atoms. The fourth-order valence-electron chi connectivity index (χ4n) is 3.04. The molecule has 2 aliphatic rings. The summed E-state index contributed by atoms with van der Waals surface area (Å²) in [5, 5.41) is 2.75.